The van der Waals surface area contributed by atoms with Gasteiger partial charge in [-0.05, 0) is 55.8 Å². The second-order valence-electron chi connectivity index (χ2n) is 6.02. The van der Waals surface area contributed by atoms with Gasteiger partial charge >= 0.3 is 0 Å². The van der Waals surface area contributed by atoms with E-state index in [1.54, 1.807) is 0 Å². The summed E-state index contributed by atoms with van der Waals surface area (Å²) in [6.45, 7) is 9.11. The van der Waals surface area contributed by atoms with Crippen LogP contribution < -0.4 is 10.6 Å². The predicted octanol–water partition coefficient (Wildman–Crippen LogP) is 2.42. The Morgan fingerprint density at radius 1 is 1.42 bits per heavy atom. The van der Waals surface area contributed by atoms with Crippen LogP contribution in [0.1, 0.15) is 41.3 Å². The molecule has 1 aromatic rings. The molecule has 1 unspecified atom stereocenters. The van der Waals surface area contributed by atoms with Crippen molar-refractivity contribution in [3.8, 4) is 0 Å². The van der Waals surface area contributed by atoms with Crippen LogP contribution in [0.4, 0.5) is 0 Å². The molecule has 2 N–H and O–H groups in total. The molecule has 19 heavy (non-hydrogen) atoms. The molecule has 1 amide bonds. The van der Waals surface area contributed by atoms with Crippen LogP contribution in [-0.2, 0) is 0 Å². The topological polar surface area (TPSA) is 41.1 Å². The van der Waals surface area contributed by atoms with E-state index in [-0.39, 0.29) is 11.3 Å². The molecule has 0 aliphatic carbocycles. The summed E-state index contributed by atoms with van der Waals surface area (Å²) in [5.41, 5.74) is 3.23. The van der Waals surface area contributed by atoms with Crippen LogP contribution in [0.25, 0.3) is 0 Å². The third kappa shape index (κ3) is 3.35. The Hall–Kier alpha value is -1.35. The van der Waals surface area contributed by atoms with Crippen molar-refractivity contribution in [2.75, 3.05) is 19.6 Å². The smallest absolute Gasteiger partial charge is 0.251 e. The zero-order valence-electron chi connectivity index (χ0n) is 12.2. The Morgan fingerprint density at radius 3 is 2.89 bits per heavy atom. The molecule has 3 nitrogen and oxygen atoms in total. The van der Waals surface area contributed by atoms with Crippen molar-refractivity contribution in [3.05, 3.63) is 34.9 Å². The van der Waals surface area contributed by atoms with Gasteiger partial charge in [-0.25, -0.2) is 0 Å². The second-order valence-corrected chi connectivity index (χ2v) is 6.02. The molecule has 0 spiro atoms. The fourth-order valence-electron chi connectivity index (χ4n) is 2.66. The summed E-state index contributed by atoms with van der Waals surface area (Å²) in [7, 11) is 0. The molecule has 1 aromatic carbocycles. The normalized spacial score (nSPS) is 23.1. The Bertz CT molecular complexity index is 462. The van der Waals surface area contributed by atoms with Gasteiger partial charge in [-0.2, -0.15) is 0 Å². The van der Waals surface area contributed by atoms with E-state index in [4.69, 9.17) is 0 Å². The van der Waals surface area contributed by atoms with Crippen LogP contribution in [-0.4, -0.2) is 25.5 Å². The van der Waals surface area contributed by atoms with Crippen LogP contribution in [0, 0.1) is 19.3 Å². The van der Waals surface area contributed by atoms with E-state index >= 15 is 0 Å². The van der Waals surface area contributed by atoms with Crippen LogP contribution in [0.3, 0.4) is 0 Å². The molecule has 1 aliphatic rings. The van der Waals surface area contributed by atoms with Gasteiger partial charge in [0.05, 0.1) is 0 Å². The number of rotatable bonds is 3. The molecule has 0 bridgehead atoms. The van der Waals surface area contributed by atoms with Gasteiger partial charge in [0.25, 0.3) is 5.91 Å². The van der Waals surface area contributed by atoms with E-state index in [1.165, 1.54) is 12.8 Å². The number of piperidine rings is 1. The largest absolute Gasteiger partial charge is 0.351 e. The Labute approximate surface area is 115 Å². The third-order valence-electron chi connectivity index (χ3n) is 4.21. The standard InChI is InChI=1S/C16H24N2O/c1-12-6-4-7-14(13(12)2)15(19)18-11-16(3)8-5-9-17-10-16/h4,6-7,17H,5,8-11H2,1-3H3,(H,18,19). The van der Waals surface area contributed by atoms with Crippen molar-refractivity contribution in [3.63, 3.8) is 0 Å². The Balaban J connectivity index is 1.99. The van der Waals surface area contributed by atoms with Gasteiger partial charge in [-0.1, -0.05) is 19.1 Å². The number of carbonyl (C=O) groups is 1. The molecule has 1 saturated heterocycles. The molecular formula is C16H24N2O. The van der Waals surface area contributed by atoms with Gasteiger partial charge in [-0.15, -0.1) is 0 Å². The summed E-state index contributed by atoms with van der Waals surface area (Å²) in [5.74, 6) is 0.0491. The van der Waals surface area contributed by atoms with E-state index in [2.05, 4.69) is 17.6 Å². The van der Waals surface area contributed by atoms with Crippen molar-refractivity contribution < 1.29 is 4.79 Å². The molecule has 0 aromatic heterocycles. The fraction of sp³-hybridized carbons (Fsp3) is 0.562. The van der Waals surface area contributed by atoms with Crippen molar-refractivity contribution in [2.45, 2.75) is 33.6 Å². The number of hydrogen-bond acceptors (Lipinski definition) is 2. The van der Waals surface area contributed by atoms with Gasteiger partial charge in [-0.3, -0.25) is 4.79 Å². The highest BCUT2D eigenvalue weighted by molar-refractivity contribution is 5.95. The highest BCUT2D eigenvalue weighted by Crippen LogP contribution is 2.24. The van der Waals surface area contributed by atoms with Crippen molar-refractivity contribution in [1.82, 2.24) is 10.6 Å². The number of amides is 1. The highest BCUT2D eigenvalue weighted by Gasteiger charge is 2.27. The lowest BCUT2D eigenvalue weighted by molar-refractivity contribution is 0.0924. The Kier molecular flexibility index (Phi) is 4.25. The van der Waals surface area contributed by atoms with Crippen molar-refractivity contribution in [1.29, 1.82) is 0 Å². The average molecular weight is 260 g/mol. The molecular weight excluding hydrogens is 236 g/mol. The fourth-order valence-corrected chi connectivity index (χ4v) is 2.66. The predicted molar refractivity (Wildman–Crippen MR) is 78.5 cm³/mol. The van der Waals surface area contributed by atoms with E-state index in [0.717, 1.165) is 36.3 Å². The summed E-state index contributed by atoms with van der Waals surface area (Å²) >= 11 is 0. The first kappa shape index (κ1) is 14.1. The maximum Gasteiger partial charge on any atom is 0.251 e. The van der Waals surface area contributed by atoms with E-state index in [9.17, 15) is 4.79 Å². The first-order valence-electron chi connectivity index (χ1n) is 7.07. The maximum atomic E-state index is 12.3. The van der Waals surface area contributed by atoms with Crippen molar-refractivity contribution >= 4 is 5.91 Å². The second kappa shape index (κ2) is 5.74. The molecule has 2 rings (SSSR count). The summed E-state index contributed by atoms with van der Waals surface area (Å²) in [6.07, 6.45) is 2.36. The summed E-state index contributed by atoms with van der Waals surface area (Å²) < 4.78 is 0. The van der Waals surface area contributed by atoms with Crippen molar-refractivity contribution in [2.24, 2.45) is 5.41 Å². The van der Waals surface area contributed by atoms with Gasteiger partial charge in [0.2, 0.25) is 0 Å². The first-order chi connectivity index (χ1) is 9.02. The number of carbonyl (C=O) groups excluding carboxylic acids is 1. The minimum atomic E-state index is 0.0491. The zero-order valence-corrected chi connectivity index (χ0v) is 12.2. The lowest BCUT2D eigenvalue weighted by atomic mass is 9.82. The van der Waals surface area contributed by atoms with E-state index in [1.807, 2.05) is 32.0 Å². The van der Waals surface area contributed by atoms with Gasteiger partial charge in [0.15, 0.2) is 0 Å². The minimum absolute atomic E-state index is 0.0491. The maximum absolute atomic E-state index is 12.3. The monoisotopic (exact) mass is 260 g/mol. The van der Waals surface area contributed by atoms with Gasteiger partial charge in [0, 0.05) is 18.7 Å². The van der Waals surface area contributed by atoms with Crippen LogP contribution >= 0.6 is 0 Å². The van der Waals surface area contributed by atoms with Gasteiger partial charge in [0.1, 0.15) is 0 Å². The third-order valence-corrected chi connectivity index (χ3v) is 4.21. The van der Waals surface area contributed by atoms with Crippen LogP contribution in [0.5, 0.6) is 0 Å². The van der Waals surface area contributed by atoms with E-state index < -0.39 is 0 Å². The molecule has 0 radical (unpaired) electrons. The SMILES string of the molecule is Cc1cccc(C(=O)NCC2(C)CCCNC2)c1C. The minimum Gasteiger partial charge on any atom is -0.351 e. The zero-order chi connectivity index (χ0) is 13.9. The molecule has 3 heteroatoms. The quantitative estimate of drug-likeness (QED) is 0.876. The van der Waals surface area contributed by atoms with Crippen LogP contribution in [0.15, 0.2) is 18.2 Å². The van der Waals surface area contributed by atoms with Crippen LogP contribution in [0.2, 0.25) is 0 Å². The average Bonchev–Trinajstić information content (AvgIpc) is 2.40. The lowest BCUT2D eigenvalue weighted by Gasteiger charge is -2.34. The Morgan fingerprint density at radius 2 is 2.21 bits per heavy atom. The molecule has 104 valence electrons. The van der Waals surface area contributed by atoms with E-state index in [0.29, 0.717) is 0 Å². The number of benzene rings is 1. The summed E-state index contributed by atoms with van der Waals surface area (Å²) in [5, 5.41) is 6.51. The molecule has 1 atom stereocenters. The number of hydrogen-bond donors (Lipinski definition) is 2. The highest BCUT2D eigenvalue weighted by atomic mass is 16.1. The van der Waals surface area contributed by atoms with Gasteiger partial charge < -0.3 is 10.6 Å². The lowest BCUT2D eigenvalue weighted by Crippen LogP contribution is -2.45. The molecule has 1 fully saturated rings. The molecule has 1 aliphatic heterocycles. The summed E-state index contributed by atoms with van der Waals surface area (Å²) in [4.78, 5) is 12.3. The number of nitrogens with one attached hydrogen (secondary N) is 2. The molecule has 1 heterocycles. The summed E-state index contributed by atoms with van der Waals surface area (Å²) in [6, 6.07) is 5.89. The first-order valence-corrected chi connectivity index (χ1v) is 7.07. The molecule has 0 saturated carbocycles. The number of aryl methyl sites for hydroxylation is 1.